The van der Waals surface area contributed by atoms with Crippen LogP contribution >= 0.6 is 0 Å². The Morgan fingerprint density at radius 2 is 2.00 bits per heavy atom. The number of nitrogens with zero attached hydrogens (tertiary/aromatic N) is 1. The van der Waals surface area contributed by atoms with E-state index >= 15 is 0 Å². The van der Waals surface area contributed by atoms with Crippen LogP contribution in [0.1, 0.15) is 44.9 Å². The average Bonchev–Trinajstić information content (AvgIpc) is 2.46. The number of carbonyl (C=O) groups is 1. The lowest BCUT2D eigenvalue weighted by atomic mass is 9.87. The normalized spacial score (nSPS) is 30.4. The predicted molar refractivity (Wildman–Crippen MR) is 71.2 cm³/mol. The minimum Gasteiger partial charge on any atom is -0.381 e. The molecule has 2 unspecified atom stereocenters. The molecule has 1 amide bonds. The van der Waals surface area contributed by atoms with Crippen molar-refractivity contribution in [2.75, 3.05) is 20.2 Å². The van der Waals surface area contributed by atoms with E-state index in [9.17, 15) is 4.79 Å². The Morgan fingerprint density at radius 3 is 2.61 bits per heavy atom. The van der Waals surface area contributed by atoms with Crippen molar-refractivity contribution in [1.82, 2.24) is 4.90 Å². The topological polar surface area (TPSA) is 55.6 Å². The van der Waals surface area contributed by atoms with Crippen LogP contribution in [-0.4, -0.2) is 43.2 Å². The SMILES string of the molecule is COC1CCN(C(=O)C2CCCCC2)C(CN)C1. The molecule has 18 heavy (non-hydrogen) atoms. The van der Waals surface area contributed by atoms with Gasteiger partial charge in [0, 0.05) is 32.2 Å². The van der Waals surface area contributed by atoms with Crippen LogP contribution in [0.25, 0.3) is 0 Å². The monoisotopic (exact) mass is 254 g/mol. The highest BCUT2D eigenvalue weighted by Crippen LogP contribution is 2.28. The molecule has 0 radical (unpaired) electrons. The number of piperidine rings is 1. The van der Waals surface area contributed by atoms with Gasteiger partial charge in [0.1, 0.15) is 0 Å². The maximum atomic E-state index is 12.5. The van der Waals surface area contributed by atoms with Gasteiger partial charge in [-0.25, -0.2) is 0 Å². The van der Waals surface area contributed by atoms with Gasteiger partial charge in [0.15, 0.2) is 0 Å². The van der Waals surface area contributed by atoms with E-state index in [1.807, 2.05) is 4.90 Å². The van der Waals surface area contributed by atoms with Gasteiger partial charge >= 0.3 is 0 Å². The predicted octanol–water partition coefficient (Wildman–Crippen LogP) is 1.53. The summed E-state index contributed by atoms with van der Waals surface area (Å²) in [6, 6.07) is 0.179. The lowest BCUT2D eigenvalue weighted by Crippen LogP contribution is -2.53. The van der Waals surface area contributed by atoms with E-state index in [0.29, 0.717) is 12.5 Å². The van der Waals surface area contributed by atoms with Gasteiger partial charge in [-0.3, -0.25) is 4.79 Å². The maximum absolute atomic E-state index is 12.5. The Labute approximate surface area is 110 Å². The number of carbonyl (C=O) groups excluding carboxylic acids is 1. The van der Waals surface area contributed by atoms with Crippen LogP contribution in [0.15, 0.2) is 0 Å². The standard InChI is InChI=1S/C14H26N2O2/c1-18-13-7-8-16(12(9-13)10-15)14(17)11-5-3-2-4-6-11/h11-13H,2-10,15H2,1H3. The molecule has 1 saturated carbocycles. The molecule has 4 heteroatoms. The fraction of sp³-hybridized carbons (Fsp3) is 0.929. The molecule has 0 aromatic heterocycles. The number of ether oxygens (including phenoxy) is 1. The molecule has 104 valence electrons. The zero-order valence-electron chi connectivity index (χ0n) is 11.4. The first-order valence-electron chi connectivity index (χ1n) is 7.29. The number of likely N-dealkylation sites (tertiary alicyclic amines) is 1. The number of rotatable bonds is 3. The molecule has 0 bridgehead atoms. The van der Waals surface area contributed by atoms with Gasteiger partial charge in [-0.05, 0) is 25.7 Å². The highest BCUT2D eigenvalue weighted by molar-refractivity contribution is 5.79. The summed E-state index contributed by atoms with van der Waals surface area (Å²) in [4.78, 5) is 14.6. The Bertz CT molecular complexity index is 277. The molecule has 2 N–H and O–H groups in total. The van der Waals surface area contributed by atoms with Crippen molar-refractivity contribution in [2.24, 2.45) is 11.7 Å². The first kappa shape index (κ1) is 13.8. The molecule has 1 aliphatic heterocycles. The Morgan fingerprint density at radius 1 is 1.28 bits per heavy atom. The summed E-state index contributed by atoms with van der Waals surface area (Å²) in [5.74, 6) is 0.603. The molecule has 2 atom stereocenters. The molecule has 0 aromatic carbocycles. The quantitative estimate of drug-likeness (QED) is 0.831. The van der Waals surface area contributed by atoms with Crippen LogP contribution in [-0.2, 0) is 9.53 Å². The summed E-state index contributed by atoms with van der Waals surface area (Å²) >= 11 is 0. The van der Waals surface area contributed by atoms with Crippen LogP contribution in [0.5, 0.6) is 0 Å². The molecule has 2 aliphatic rings. The van der Waals surface area contributed by atoms with E-state index in [1.165, 1.54) is 19.3 Å². The summed E-state index contributed by atoms with van der Waals surface area (Å²) in [6.07, 6.45) is 7.96. The average molecular weight is 254 g/mol. The van der Waals surface area contributed by atoms with Gasteiger partial charge in [0.2, 0.25) is 5.91 Å². The largest absolute Gasteiger partial charge is 0.381 e. The first-order valence-corrected chi connectivity index (χ1v) is 7.29. The zero-order chi connectivity index (χ0) is 13.0. The third kappa shape index (κ3) is 3.04. The van der Waals surface area contributed by atoms with Gasteiger partial charge in [-0.1, -0.05) is 19.3 Å². The second-order valence-corrected chi connectivity index (χ2v) is 5.64. The number of amides is 1. The van der Waals surface area contributed by atoms with Crippen molar-refractivity contribution < 1.29 is 9.53 Å². The molecular weight excluding hydrogens is 228 g/mol. The minimum atomic E-state index is 0.179. The number of methoxy groups -OCH3 is 1. The molecule has 1 heterocycles. The van der Waals surface area contributed by atoms with Gasteiger partial charge in [-0.15, -0.1) is 0 Å². The number of hydrogen-bond donors (Lipinski definition) is 1. The van der Waals surface area contributed by atoms with Crippen molar-refractivity contribution in [3.05, 3.63) is 0 Å². The van der Waals surface area contributed by atoms with E-state index in [-0.39, 0.29) is 18.1 Å². The van der Waals surface area contributed by atoms with Crippen LogP contribution in [0.4, 0.5) is 0 Å². The first-order chi connectivity index (χ1) is 8.76. The zero-order valence-corrected chi connectivity index (χ0v) is 11.4. The molecular formula is C14H26N2O2. The highest BCUT2D eigenvalue weighted by atomic mass is 16.5. The molecule has 0 aromatic rings. The lowest BCUT2D eigenvalue weighted by Gasteiger charge is -2.40. The Balaban J connectivity index is 1.95. The van der Waals surface area contributed by atoms with Crippen molar-refractivity contribution in [2.45, 2.75) is 57.1 Å². The van der Waals surface area contributed by atoms with Crippen LogP contribution in [0.3, 0.4) is 0 Å². The number of nitrogens with two attached hydrogens (primary N) is 1. The van der Waals surface area contributed by atoms with E-state index in [4.69, 9.17) is 10.5 Å². The summed E-state index contributed by atoms with van der Waals surface area (Å²) in [6.45, 7) is 1.37. The van der Waals surface area contributed by atoms with E-state index < -0.39 is 0 Å². The Kier molecular flexibility index (Phi) is 5.01. The fourth-order valence-electron chi connectivity index (χ4n) is 3.33. The minimum absolute atomic E-state index is 0.179. The van der Waals surface area contributed by atoms with Gasteiger partial charge in [0.25, 0.3) is 0 Å². The van der Waals surface area contributed by atoms with Crippen LogP contribution < -0.4 is 5.73 Å². The third-order valence-electron chi connectivity index (χ3n) is 4.51. The van der Waals surface area contributed by atoms with Crippen molar-refractivity contribution >= 4 is 5.91 Å². The summed E-state index contributed by atoms with van der Waals surface area (Å²) in [5.41, 5.74) is 5.83. The molecule has 1 saturated heterocycles. The molecule has 0 spiro atoms. The summed E-state index contributed by atoms with van der Waals surface area (Å²) in [5, 5.41) is 0. The van der Waals surface area contributed by atoms with Crippen LogP contribution in [0, 0.1) is 5.92 Å². The molecule has 2 fully saturated rings. The summed E-state index contributed by atoms with van der Waals surface area (Å²) < 4.78 is 5.40. The second kappa shape index (κ2) is 6.53. The molecule has 2 rings (SSSR count). The Hall–Kier alpha value is -0.610. The van der Waals surface area contributed by atoms with Crippen molar-refractivity contribution in [3.8, 4) is 0 Å². The van der Waals surface area contributed by atoms with Gasteiger partial charge in [-0.2, -0.15) is 0 Å². The third-order valence-corrected chi connectivity index (χ3v) is 4.51. The van der Waals surface area contributed by atoms with Crippen LogP contribution in [0.2, 0.25) is 0 Å². The highest BCUT2D eigenvalue weighted by Gasteiger charge is 2.34. The number of hydrogen-bond acceptors (Lipinski definition) is 3. The van der Waals surface area contributed by atoms with E-state index in [1.54, 1.807) is 7.11 Å². The lowest BCUT2D eigenvalue weighted by molar-refractivity contribution is -0.142. The van der Waals surface area contributed by atoms with Gasteiger partial charge in [0.05, 0.1) is 6.10 Å². The maximum Gasteiger partial charge on any atom is 0.225 e. The van der Waals surface area contributed by atoms with Crippen molar-refractivity contribution in [3.63, 3.8) is 0 Å². The molecule has 1 aliphatic carbocycles. The second-order valence-electron chi connectivity index (χ2n) is 5.64. The summed E-state index contributed by atoms with van der Waals surface area (Å²) in [7, 11) is 1.75. The molecule has 4 nitrogen and oxygen atoms in total. The van der Waals surface area contributed by atoms with Crippen molar-refractivity contribution in [1.29, 1.82) is 0 Å². The fourth-order valence-corrected chi connectivity index (χ4v) is 3.33. The van der Waals surface area contributed by atoms with Gasteiger partial charge < -0.3 is 15.4 Å². The van der Waals surface area contributed by atoms with E-state index in [2.05, 4.69) is 0 Å². The smallest absolute Gasteiger partial charge is 0.225 e. The van der Waals surface area contributed by atoms with E-state index in [0.717, 1.165) is 32.2 Å².